The summed E-state index contributed by atoms with van der Waals surface area (Å²) >= 11 is 7.52. The third kappa shape index (κ3) is 5.21. The lowest BCUT2D eigenvalue weighted by Gasteiger charge is -2.27. The van der Waals surface area contributed by atoms with Gasteiger partial charge in [0.25, 0.3) is 5.91 Å². The molecule has 1 N–H and O–H groups in total. The standard InChI is InChI=1S/C23H21ClN4O3S2/c1-14(2)28(33(3,30)31)17-7-8-18(24)20(13-17)26-23-27-22(29)21(32-23)12-15-6-9-19-16(11-15)5-4-10-25-19/h4-14H,1-3H3,(H,26,27,29). The average molecular weight is 501 g/mol. The van der Waals surface area contributed by atoms with Gasteiger partial charge in [-0.25, -0.2) is 8.42 Å². The van der Waals surface area contributed by atoms with Crippen LogP contribution in [-0.4, -0.2) is 36.8 Å². The monoisotopic (exact) mass is 500 g/mol. The summed E-state index contributed by atoms with van der Waals surface area (Å²) in [6, 6.07) is 14.2. The molecule has 2 aromatic carbocycles. The Morgan fingerprint density at radius 3 is 2.67 bits per heavy atom. The first-order valence-corrected chi connectivity index (χ1v) is 13.1. The number of carbonyl (C=O) groups is 1. The average Bonchev–Trinajstić information content (AvgIpc) is 3.07. The van der Waals surface area contributed by atoms with Gasteiger partial charge in [0.2, 0.25) is 10.0 Å². The lowest BCUT2D eigenvalue weighted by atomic mass is 10.1. The number of amidine groups is 1. The van der Waals surface area contributed by atoms with Gasteiger partial charge >= 0.3 is 0 Å². The number of nitrogens with zero attached hydrogens (tertiary/aromatic N) is 3. The number of rotatable bonds is 5. The fourth-order valence-corrected chi connectivity index (χ4v) is 5.78. The molecule has 7 nitrogen and oxygen atoms in total. The van der Waals surface area contributed by atoms with Crippen molar-refractivity contribution < 1.29 is 13.2 Å². The number of pyridine rings is 1. The number of nitrogens with one attached hydrogen (secondary N) is 1. The van der Waals surface area contributed by atoms with Crippen LogP contribution in [0.4, 0.5) is 11.4 Å². The Labute approximate surface area is 201 Å². The normalized spacial score (nSPS) is 15.4. The molecule has 0 unspecified atom stereocenters. The number of fused-ring (bicyclic) bond motifs is 1. The van der Waals surface area contributed by atoms with Crippen molar-refractivity contribution >= 4 is 72.8 Å². The van der Waals surface area contributed by atoms with Crippen LogP contribution in [0.25, 0.3) is 17.0 Å². The maximum atomic E-state index is 12.5. The quantitative estimate of drug-likeness (QED) is 0.487. The molecule has 2 heterocycles. The predicted molar refractivity (Wildman–Crippen MR) is 137 cm³/mol. The molecule has 0 fully saturated rings. The van der Waals surface area contributed by atoms with E-state index in [1.165, 1.54) is 16.1 Å². The van der Waals surface area contributed by atoms with Gasteiger partial charge in [0.15, 0.2) is 5.17 Å². The molecule has 170 valence electrons. The Kier molecular flexibility index (Phi) is 6.47. The molecule has 0 radical (unpaired) electrons. The van der Waals surface area contributed by atoms with Crippen molar-refractivity contribution in [3.8, 4) is 0 Å². The molecular weight excluding hydrogens is 480 g/mol. The summed E-state index contributed by atoms with van der Waals surface area (Å²) in [5.41, 5.74) is 2.67. The Hall–Kier alpha value is -2.88. The van der Waals surface area contributed by atoms with Crippen molar-refractivity contribution in [3.63, 3.8) is 0 Å². The molecule has 1 aliphatic rings. The number of amides is 1. The van der Waals surface area contributed by atoms with Gasteiger partial charge in [-0.2, -0.15) is 4.99 Å². The zero-order valence-corrected chi connectivity index (χ0v) is 20.5. The fourth-order valence-electron chi connectivity index (χ4n) is 3.53. The second-order valence-electron chi connectivity index (χ2n) is 7.73. The van der Waals surface area contributed by atoms with Crippen LogP contribution in [0.1, 0.15) is 19.4 Å². The number of sulfonamides is 1. The van der Waals surface area contributed by atoms with Crippen molar-refractivity contribution in [2.45, 2.75) is 19.9 Å². The topological polar surface area (TPSA) is 91.7 Å². The first-order valence-electron chi connectivity index (χ1n) is 10.0. The van der Waals surface area contributed by atoms with Crippen LogP contribution >= 0.6 is 23.4 Å². The number of carbonyl (C=O) groups excluding carboxylic acids is 1. The van der Waals surface area contributed by atoms with Crippen LogP contribution in [0, 0.1) is 0 Å². The first-order chi connectivity index (χ1) is 15.6. The maximum absolute atomic E-state index is 12.5. The SMILES string of the molecule is CC(C)N(c1ccc(Cl)c(NC2=NC(=O)C(=Cc3ccc4ncccc4c3)S2)c1)S(C)(=O)=O. The summed E-state index contributed by atoms with van der Waals surface area (Å²) in [5, 5.41) is 4.78. The van der Waals surface area contributed by atoms with Crippen LogP contribution in [-0.2, 0) is 14.8 Å². The first kappa shape index (κ1) is 23.3. The highest BCUT2D eigenvalue weighted by Crippen LogP contribution is 2.34. The number of thioether (sulfide) groups is 1. The minimum Gasteiger partial charge on any atom is -0.333 e. The number of aromatic nitrogens is 1. The van der Waals surface area contributed by atoms with Gasteiger partial charge in [0.05, 0.1) is 33.1 Å². The number of hydrogen-bond donors (Lipinski definition) is 1. The summed E-state index contributed by atoms with van der Waals surface area (Å²) in [4.78, 5) is 21.3. The molecule has 3 aromatic rings. The molecule has 4 rings (SSSR count). The zero-order chi connectivity index (χ0) is 23.8. The molecule has 0 saturated carbocycles. The molecule has 33 heavy (non-hydrogen) atoms. The van der Waals surface area contributed by atoms with Crippen molar-refractivity contribution in [3.05, 3.63) is 70.2 Å². The van der Waals surface area contributed by atoms with Crippen molar-refractivity contribution in [1.82, 2.24) is 4.98 Å². The zero-order valence-electron chi connectivity index (χ0n) is 18.1. The van der Waals surface area contributed by atoms with Crippen molar-refractivity contribution in [1.29, 1.82) is 0 Å². The van der Waals surface area contributed by atoms with E-state index in [0.29, 0.717) is 26.5 Å². The van der Waals surface area contributed by atoms with Gasteiger partial charge in [-0.05, 0) is 73.6 Å². The van der Waals surface area contributed by atoms with Gasteiger partial charge in [-0.15, -0.1) is 0 Å². The number of anilines is 2. The van der Waals surface area contributed by atoms with E-state index in [2.05, 4.69) is 15.3 Å². The molecule has 0 bridgehead atoms. The third-order valence-corrected chi connectivity index (χ3v) is 7.39. The Morgan fingerprint density at radius 2 is 1.94 bits per heavy atom. The van der Waals surface area contributed by atoms with Gasteiger partial charge in [0.1, 0.15) is 0 Å². The van der Waals surface area contributed by atoms with Crippen LogP contribution < -0.4 is 9.62 Å². The van der Waals surface area contributed by atoms with Crippen LogP contribution in [0.15, 0.2) is 64.6 Å². The lowest BCUT2D eigenvalue weighted by molar-refractivity contribution is -0.113. The van der Waals surface area contributed by atoms with Crippen molar-refractivity contribution in [2.75, 3.05) is 15.9 Å². The molecule has 1 aliphatic heterocycles. The Bertz CT molecular complexity index is 1420. The van der Waals surface area contributed by atoms with E-state index in [-0.39, 0.29) is 11.9 Å². The minimum absolute atomic E-state index is 0.277. The second-order valence-corrected chi connectivity index (χ2v) is 11.0. The summed E-state index contributed by atoms with van der Waals surface area (Å²) in [5.74, 6) is -0.360. The molecule has 1 aromatic heterocycles. The minimum atomic E-state index is -3.48. The van der Waals surface area contributed by atoms with Crippen LogP contribution in [0.5, 0.6) is 0 Å². The Balaban J connectivity index is 1.57. The molecule has 1 amide bonds. The van der Waals surface area contributed by atoms with Gasteiger partial charge < -0.3 is 5.32 Å². The van der Waals surface area contributed by atoms with Crippen LogP contribution in [0.2, 0.25) is 5.02 Å². The summed E-state index contributed by atoms with van der Waals surface area (Å²) in [7, 11) is -3.48. The molecule has 0 saturated heterocycles. The highest BCUT2D eigenvalue weighted by atomic mass is 35.5. The maximum Gasteiger partial charge on any atom is 0.286 e. The Morgan fingerprint density at radius 1 is 1.15 bits per heavy atom. The van der Waals surface area contributed by atoms with Gasteiger partial charge in [0, 0.05) is 17.6 Å². The van der Waals surface area contributed by atoms with E-state index in [0.717, 1.165) is 22.7 Å². The van der Waals surface area contributed by atoms with Crippen LogP contribution in [0.3, 0.4) is 0 Å². The van der Waals surface area contributed by atoms with E-state index in [4.69, 9.17) is 11.6 Å². The summed E-state index contributed by atoms with van der Waals surface area (Å²) in [6.45, 7) is 3.58. The number of halogens is 1. The summed E-state index contributed by atoms with van der Waals surface area (Å²) < 4.78 is 25.8. The smallest absolute Gasteiger partial charge is 0.286 e. The number of aliphatic imine (C=N–C) groups is 1. The highest BCUT2D eigenvalue weighted by molar-refractivity contribution is 8.18. The second kappa shape index (κ2) is 9.17. The molecule has 0 spiro atoms. The number of hydrogen-bond acceptors (Lipinski definition) is 6. The van der Waals surface area contributed by atoms with E-state index in [9.17, 15) is 13.2 Å². The highest BCUT2D eigenvalue weighted by Gasteiger charge is 2.24. The van der Waals surface area contributed by atoms with Crippen molar-refractivity contribution in [2.24, 2.45) is 4.99 Å². The largest absolute Gasteiger partial charge is 0.333 e. The molecule has 0 atom stereocenters. The predicted octanol–water partition coefficient (Wildman–Crippen LogP) is 5.15. The number of benzene rings is 2. The third-order valence-electron chi connectivity index (χ3n) is 4.82. The molecular formula is C23H21ClN4O3S2. The van der Waals surface area contributed by atoms with E-state index in [1.54, 1.807) is 44.3 Å². The summed E-state index contributed by atoms with van der Waals surface area (Å²) in [6.07, 6.45) is 4.67. The van der Waals surface area contributed by atoms with E-state index in [1.807, 2.05) is 30.3 Å². The van der Waals surface area contributed by atoms with Gasteiger partial charge in [-0.1, -0.05) is 23.7 Å². The van der Waals surface area contributed by atoms with E-state index < -0.39 is 10.0 Å². The van der Waals surface area contributed by atoms with E-state index >= 15 is 0 Å². The molecule has 10 heteroatoms. The molecule has 0 aliphatic carbocycles. The lowest BCUT2D eigenvalue weighted by Crippen LogP contribution is -2.36. The fraction of sp³-hybridized carbons (Fsp3) is 0.174. The van der Waals surface area contributed by atoms with Gasteiger partial charge in [-0.3, -0.25) is 14.1 Å².